The molecule has 138 valence electrons. The summed E-state index contributed by atoms with van der Waals surface area (Å²) in [6.45, 7) is 2.27. The van der Waals surface area contributed by atoms with E-state index in [1.165, 1.54) is 37.9 Å². The van der Waals surface area contributed by atoms with Gasteiger partial charge in [0.2, 0.25) is 0 Å². The van der Waals surface area contributed by atoms with Crippen molar-refractivity contribution in [3.63, 3.8) is 0 Å². The fourth-order valence-corrected chi connectivity index (χ4v) is 3.52. The van der Waals surface area contributed by atoms with Crippen molar-refractivity contribution >= 4 is 29.3 Å². The van der Waals surface area contributed by atoms with Crippen LogP contribution in [0.2, 0.25) is 0 Å². The topological polar surface area (TPSA) is 43.1 Å². The van der Waals surface area contributed by atoms with Gasteiger partial charge in [-0.15, -0.1) is 0 Å². The van der Waals surface area contributed by atoms with E-state index in [4.69, 9.17) is 5.73 Å². The van der Waals surface area contributed by atoms with E-state index < -0.39 is 0 Å². The molecule has 2 aromatic rings. The van der Waals surface area contributed by atoms with Crippen molar-refractivity contribution < 1.29 is 4.79 Å². The number of carbonyl (C=O) groups excluding carboxylic acids is 1. The van der Waals surface area contributed by atoms with Crippen LogP contribution in [0.3, 0.4) is 0 Å². The lowest BCUT2D eigenvalue weighted by molar-refractivity contribution is 0.104. The highest BCUT2D eigenvalue weighted by atomic mass is 32.2. The summed E-state index contributed by atoms with van der Waals surface area (Å²) in [7, 11) is 0. The number of hydrogen-bond acceptors (Lipinski definition) is 3. The van der Waals surface area contributed by atoms with Crippen molar-refractivity contribution in [3.8, 4) is 0 Å². The first-order valence-corrected chi connectivity index (χ1v) is 10.5. The second kappa shape index (κ2) is 11.6. The lowest BCUT2D eigenvalue weighted by Crippen LogP contribution is -2.14. The number of rotatable bonds is 7. The van der Waals surface area contributed by atoms with Crippen LogP contribution in [-0.2, 0) is 0 Å². The molecule has 2 nitrogen and oxygen atoms in total. The van der Waals surface area contributed by atoms with Crippen molar-refractivity contribution in [3.05, 3.63) is 71.8 Å². The Bertz CT molecular complexity index is 675. The normalized spacial score (nSPS) is 15.8. The molecule has 1 fully saturated rings. The van der Waals surface area contributed by atoms with Crippen molar-refractivity contribution in [1.82, 2.24) is 0 Å². The van der Waals surface area contributed by atoms with Gasteiger partial charge in [-0.05, 0) is 54.5 Å². The molecule has 0 radical (unpaired) electrons. The molecule has 26 heavy (non-hydrogen) atoms. The number of benzene rings is 2. The number of thioether (sulfide) groups is 1. The van der Waals surface area contributed by atoms with Crippen LogP contribution in [0.5, 0.6) is 0 Å². The van der Waals surface area contributed by atoms with Gasteiger partial charge in [0, 0.05) is 16.5 Å². The Labute approximate surface area is 161 Å². The minimum Gasteiger partial charge on any atom is -0.399 e. The van der Waals surface area contributed by atoms with Gasteiger partial charge in [0.1, 0.15) is 0 Å². The molecule has 2 N–H and O–H groups in total. The van der Waals surface area contributed by atoms with Crippen molar-refractivity contribution in [2.24, 2.45) is 0 Å². The number of allylic oxidation sites excluding steroid dienone is 1. The Morgan fingerprint density at radius 1 is 1.12 bits per heavy atom. The van der Waals surface area contributed by atoms with Crippen molar-refractivity contribution in [2.75, 3.05) is 11.5 Å². The molecule has 0 aromatic heterocycles. The van der Waals surface area contributed by atoms with Crippen LogP contribution in [0.4, 0.5) is 5.69 Å². The molecule has 0 spiro atoms. The van der Waals surface area contributed by atoms with Gasteiger partial charge in [0.05, 0.1) is 0 Å². The van der Waals surface area contributed by atoms with Gasteiger partial charge in [-0.3, -0.25) is 4.79 Å². The third-order valence-corrected chi connectivity index (χ3v) is 5.76. The lowest BCUT2D eigenvalue weighted by atomic mass is 10.1. The highest BCUT2D eigenvalue weighted by Gasteiger charge is 2.16. The average Bonchev–Trinajstić information content (AvgIpc) is 2.64. The van der Waals surface area contributed by atoms with E-state index in [1.807, 2.05) is 30.3 Å². The number of nitrogen functional groups attached to an aromatic ring is 1. The number of carbonyl (C=O) groups is 1. The summed E-state index contributed by atoms with van der Waals surface area (Å²) < 4.78 is 0. The highest BCUT2D eigenvalue weighted by molar-refractivity contribution is 8.01. The third-order valence-electron chi connectivity index (χ3n) is 4.34. The van der Waals surface area contributed by atoms with Gasteiger partial charge in [0.25, 0.3) is 0 Å². The number of anilines is 1. The maximum absolute atomic E-state index is 11.8. The first-order chi connectivity index (χ1) is 12.7. The number of unbranched alkanes of at least 4 members (excludes halogenated alkanes) is 2. The van der Waals surface area contributed by atoms with Crippen LogP contribution in [0.1, 0.15) is 54.9 Å². The molecule has 1 unspecified atom stereocenters. The lowest BCUT2D eigenvalue weighted by Gasteiger charge is -2.24. The summed E-state index contributed by atoms with van der Waals surface area (Å²) >= 11 is 2.16. The highest BCUT2D eigenvalue weighted by Crippen LogP contribution is 2.31. The molecule has 3 heteroatoms. The quantitative estimate of drug-likeness (QED) is 0.273. The van der Waals surface area contributed by atoms with Crippen molar-refractivity contribution in [2.45, 2.75) is 44.3 Å². The van der Waals surface area contributed by atoms with Crippen LogP contribution in [0.15, 0.2) is 60.7 Å². The predicted octanol–water partition coefficient (Wildman–Crippen LogP) is 6.24. The minimum atomic E-state index is -0.0196. The predicted molar refractivity (Wildman–Crippen MR) is 116 cm³/mol. The number of nitrogens with two attached hydrogens (primary N) is 1. The summed E-state index contributed by atoms with van der Waals surface area (Å²) in [4.78, 5) is 11.8. The second-order valence-corrected chi connectivity index (χ2v) is 7.92. The molecule has 1 atom stereocenters. The van der Waals surface area contributed by atoms with Gasteiger partial charge < -0.3 is 5.73 Å². The summed E-state index contributed by atoms with van der Waals surface area (Å²) in [6, 6.07) is 16.6. The van der Waals surface area contributed by atoms with Gasteiger partial charge in [-0.2, -0.15) is 11.8 Å². The third kappa shape index (κ3) is 7.49. The molecule has 0 saturated carbocycles. The zero-order valence-electron chi connectivity index (χ0n) is 15.6. The summed E-state index contributed by atoms with van der Waals surface area (Å²) in [5.74, 6) is 1.41. The van der Waals surface area contributed by atoms with Gasteiger partial charge in [0.15, 0.2) is 5.78 Å². The summed E-state index contributed by atoms with van der Waals surface area (Å²) in [6.07, 6.45) is 10.6. The first kappa shape index (κ1) is 20.3. The largest absolute Gasteiger partial charge is 0.399 e. The molecule has 1 aliphatic rings. The molecule has 1 saturated heterocycles. The van der Waals surface area contributed by atoms with E-state index in [1.54, 1.807) is 36.4 Å². The molecule has 0 aliphatic carbocycles. The second-order valence-electron chi connectivity index (χ2n) is 6.51. The fraction of sp³-hybridized carbons (Fsp3) is 0.348. The Morgan fingerprint density at radius 3 is 2.38 bits per heavy atom. The molecule has 1 heterocycles. The Kier molecular flexibility index (Phi) is 9.05. The van der Waals surface area contributed by atoms with Crippen LogP contribution in [0.25, 0.3) is 6.08 Å². The van der Waals surface area contributed by atoms with Crippen LogP contribution in [-0.4, -0.2) is 16.8 Å². The monoisotopic (exact) mass is 367 g/mol. The minimum absolute atomic E-state index is 0.0196. The average molecular weight is 368 g/mol. The fourth-order valence-electron chi connectivity index (χ4n) is 2.61. The van der Waals surface area contributed by atoms with E-state index in [0.717, 1.165) is 10.8 Å². The van der Waals surface area contributed by atoms with Gasteiger partial charge in [-0.25, -0.2) is 0 Å². The van der Waals surface area contributed by atoms with E-state index in [2.05, 4.69) is 18.7 Å². The van der Waals surface area contributed by atoms with E-state index >= 15 is 0 Å². The SMILES string of the molecule is CCCCCC1CCS1.Nc1ccc(C(=O)C=Cc2ccccc2)cc1. The Balaban J connectivity index is 0.000000228. The maximum atomic E-state index is 11.8. The van der Waals surface area contributed by atoms with Crippen LogP contribution >= 0.6 is 11.8 Å². The molecular weight excluding hydrogens is 338 g/mol. The summed E-state index contributed by atoms with van der Waals surface area (Å²) in [5.41, 5.74) is 7.88. The number of hydrogen-bond donors (Lipinski definition) is 1. The molecule has 1 aliphatic heterocycles. The molecule has 0 bridgehead atoms. The van der Waals surface area contributed by atoms with E-state index in [9.17, 15) is 4.79 Å². The van der Waals surface area contributed by atoms with E-state index in [0.29, 0.717) is 11.3 Å². The summed E-state index contributed by atoms with van der Waals surface area (Å²) in [5, 5.41) is 1.05. The standard InChI is InChI=1S/C15H13NO.C8H16S/c16-14-9-7-13(8-10-14)15(17)11-6-12-4-2-1-3-5-12;1-2-3-4-5-8-6-7-9-8/h1-11H,16H2;8H,2-7H2,1H3. The number of ketones is 1. The zero-order valence-corrected chi connectivity index (χ0v) is 16.4. The Morgan fingerprint density at radius 2 is 1.81 bits per heavy atom. The van der Waals surface area contributed by atoms with Crippen molar-refractivity contribution in [1.29, 1.82) is 0 Å². The molecule has 2 aromatic carbocycles. The zero-order chi connectivity index (χ0) is 18.6. The smallest absolute Gasteiger partial charge is 0.185 e. The van der Waals surface area contributed by atoms with E-state index in [-0.39, 0.29) is 5.78 Å². The molecule has 3 rings (SSSR count). The first-order valence-electron chi connectivity index (χ1n) is 9.43. The molecule has 0 amide bonds. The Hall–Kier alpha value is -2.00. The van der Waals surface area contributed by atoms with Crippen LogP contribution in [0, 0.1) is 0 Å². The molecular formula is C23H29NOS. The van der Waals surface area contributed by atoms with Gasteiger partial charge in [-0.1, -0.05) is 62.6 Å². The van der Waals surface area contributed by atoms with Gasteiger partial charge >= 0.3 is 0 Å². The van der Waals surface area contributed by atoms with Crippen LogP contribution < -0.4 is 5.73 Å². The maximum Gasteiger partial charge on any atom is 0.185 e.